The molecular formula is C18H10BrNO5S. The lowest BCUT2D eigenvalue weighted by atomic mass is 9.95. The second-order valence-electron chi connectivity index (χ2n) is 5.57. The van der Waals surface area contributed by atoms with Gasteiger partial charge in [0, 0.05) is 9.86 Å². The third-order valence-corrected chi connectivity index (χ3v) is 5.91. The fourth-order valence-electron chi connectivity index (χ4n) is 2.83. The predicted molar refractivity (Wildman–Crippen MR) is 96.9 cm³/mol. The molecule has 8 heteroatoms. The second kappa shape index (κ2) is 6.01. The number of rotatable bonds is 3. The highest BCUT2D eigenvalue weighted by Crippen LogP contribution is 2.34. The summed E-state index contributed by atoms with van der Waals surface area (Å²) in [6.07, 6.45) is 0. The maximum atomic E-state index is 12.7. The predicted octanol–water partition coefficient (Wildman–Crippen LogP) is 3.52. The van der Waals surface area contributed by atoms with E-state index >= 15 is 0 Å². The van der Waals surface area contributed by atoms with Crippen LogP contribution in [0.5, 0.6) is 0 Å². The molecule has 1 aliphatic rings. The zero-order valence-corrected chi connectivity index (χ0v) is 15.5. The van der Waals surface area contributed by atoms with Crippen molar-refractivity contribution in [2.45, 2.75) is 4.90 Å². The lowest BCUT2D eigenvalue weighted by molar-refractivity contribution is -0.0155. The van der Waals surface area contributed by atoms with Crippen molar-refractivity contribution in [1.29, 1.82) is 0 Å². The van der Waals surface area contributed by atoms with Gasteiger partial charge in [0.2, 0.25) is 0 Å². The smallest absolute Gasteiger partial charge is 0.266 e. The Morgan fingerprint density at radius 2 is 1.46 bits per heavy atom. The summed E-state index contributed by atoms with van der Waals surface area (Å²) in [6, 6.07) is 15.5. The van der Waals surface area contributed by atoms with Crippen LogP contribution >= 0.6 is 15.9 Å². The minimum atomic E-state index is -4.33. The lowest BCUT2D eigenvalue weighted by Gasteiger charge is -2.25. The molecule has 3 aromatic rings. The van der Waals surface area contributed by atoms with E-state index in [0.29, 0.717) is 15.8 Å². The van der Waals surface area contributed by atoms with Gasteiger partial charge in [0.15, 0.2) is 0 Å². The maximum absolute atomic E-state index is 12.7. The molecule has 0 aromatic heterocycles. The van der Waals surface area contributed by atoms with Crippen molar-refractivity contribution in [3.63, 3.8) is 0 Å². The molecule has 0 unspecified atom stereocenters. The Bertz CT molecular complexity index is 1150. The fraction of sp³-hybridized carbons (Fsp3) is 0. The Balaban J connectivity index is 1.83. The van der Waals surface area contributed by atoms with E-state index in [0.717, 1.165) is 4.47 Å². The Hall–Kier alpha value is -2.55. The summed E-state index contributed by atoms with van der Waals surface area (Å²) in [6.45, 7) is 0. The van der Waals surface area contributed by atoms with Crippen LogP contribution in [0.4, 0.5) is 0 Å². The summed E-state index contributed by atoms with van der Waals surface area (Å²) in [5, 5.41) is 1.45. The molecule has 3 aromatic carbocycles. The molecule has 1 heterocycles. The number of halogens is 1. The first kappa shape index (κ1) is 16.9. The van der Waals surface area contributed by atoms with Crippen LogP contribution in [0.15, 0.2) is 70.0 Å². The van der Waals surface area contributed by atoms with Gasteiger partial charge in [-0.1, -0.05) is 46.3 Å². The molecule has 0 aliphatic carbocycles. The van der Waals surface area contributed by atoms with E-state index in [4.69, 9.17) is 4.28 Å². The van der Waals surface area contributed by atoms with Crippen molar-refractivity contribution in [2.24, 2.45) is 0 Å². The summed E-state index contributed by atoms with van der Waals surface area (Å²) < 4.78 is 30.5. The number of hydrogen-bond acceptors (Lipinski definition) is 5. The minimum Gasteiger partial charge on any atom is -0.266 e. The number of imide groups is 1. The van der Waals surface area contributed by atoms with Gasteiger partial charge in [-0.3, -0.25) is 9.59 Å². The van der Waals surface area contributed by atoms with Crippen LogP contribution in [0.2, 0.25) is 0 Å². The van der Waals surface area contributed by atoms with Gasteiger partial charge in [0.05, 0.1) is 16.0 Å². The van der Waals surface area contributed by atoms with Crippen LogP contribution in [0, 0.1) is 0 Å². The van der Waals surface area contributed by atoms with Crippen LogP contribution in [-0.4, -0.2) is 25.3 Å². The largest absolute Gasteiger partial charge is 0.318 e. The first-order valence-corrected chi connectivity index (χ1v) is 9.70. The van der Waals surface area contributed by atoms with Gasteiger partial charge in [-0.25, -0.2) is 0 Å². The van der Waals surface area contributed by atoms with Gasteiger partial charge in [-0.15, -0.1) is 9.35 Å². The zero-order chi connectivity index (χ0) is 18.5. The molecule has 0 saturated carbocycles. The molecule has 1 aliphatic heterocycles. The number of amides is 2. The van der Waals surface area contributed by atoms with Crippen LogP contribution in [-0.2, 0) is 14.4 Å². The Kier molecular flexibility index (Phi) is 3.91. The van der Waals surface area contributed by atoms with Crippen molar-refractivity contribution < 1.29 is 22.3 Å². The van der Waals surface area contributed by atoms with E-state index < -0.39 is 21.9 Å². The number of hydrogen-bond donors (Lipinski definition) is 0. The number of carbonyl (C=O) groups is 2. The van der Waals surface area contributed by atoms with Crippen molar-refractivity contribution in [2.75, 3.05) is 0 Å². The lowest BCUT2D eigenvalue weighted by Crippen LogP contribution is -2.41. The summed E-state index contributed by atoms with van der Waals surface area (Å²) in [7, 11) is -4.33. The van der Waals surface area contributed by atoms with Gasteiger partial charge in [0.1, 0.15) is 0 Å². The molecule has 0 atom stereocenters. The topological polar surface area (TPSA) is 80.8 Å². The summed E-state index contributed by atoms with van der Waals surface area (Å²) in [5.41, 5.74) is 0.392. The maximum Gasteiger partial charge on any atom is 0.318 e. The minimum absolute atomic E-state index is 0.152. The highest BCUT2D eigenvalue weighted by molar-refractivity contribution is 9.10. The molecule has 6 nitrogen and oxygen atoms in total. The van der Waals surface area contributed by atoms with E-state index in [-0.39, 0.29) is 16.0 Å². The molecule has 26 heavy (non-hydrogen) atoms. The molecule has 4 rings (SSSR count). The van der Waals surface area contributed by atoms with E-state index in [1.165, 1.54) is 36.4 Å². The first-order valence-electron chi connectivity index (χ1n) is 7.50. The Morgan fingerprint density at radius 1 is 0.808 bits per heavy atom. The van der Waals surface area contributed by atoms with Crippen LogP contribution in [0.3, 0.4) is 0 Å². The van der Waals surface area contributed by atoms with E-state index in [2.05, 4.69) is 15.9 Å². The quantitative estimate of drug-likeness (QED) is 0.592. The molecule has 0 N–H and O–H groups in total. The van der Waals surface area contributed by atoms with Crippen LogP contribution < -0.4 is 0 Å². The summed E-state index contributed by atoms with van der Waals surface area (Å²) in [5.74, 6) is -1.66. The van der Waals surface area contributed by atoms with Crippen LogP contribution in [0.25, 0.3) is 10.8 Å². The Labute approximate surface area is 157 Å². The third-order valence-electron chi connectivity index (χ3n) is 4.02. The Morgan fingerprint density at radius 3 is 2.15 bits per heavy atom. The average Bonchev–Trinajstić information content (AvgIpc) is 2.65. The van der Waals surface area contributed by atoms with E-state index in [1.54, 1.807) is 24.3 Å². The number of hydroxylamine groups is 2. The van der Waals surface area contributed by atoms with Crippen molar-refractivity contribution in [1.82, 2.24) is 5.06 Å². The summed E-state index contributed by atoms with van der Waals surface area (Å²) in [4.78, 5) is 25.3. The molecule has 130 valence electrons. The number of nitrogens with zero attached hydrogens (tertiary/aromatic N) is 1. The van der Waals surface area contributed by atoms with E-state index in [1.807, 2.05) is 0 Å². The van der Waals surface area contributed by atoms with E-state index in [9.17, 15) is 18.0 Å². The molecule has 0 bridgehead atoms. The van der Waals surface area contributed by atoms with Gasteiger partial charge < -0.3 is 0 Å². The van der Waals surface area contributed by atoms with Crippen LogP contribution in [0.1, 0.15) is 20.7 Å². The summed E-state index contributed by atoms with van der Waals surface area (Å²) >= 11 is 3.39. The van der Waals surface area contributed by atoms with Crippen molar-refractivity contribution in [3.05, 3.63) is 76.3 Å². The standard InChI is InChI=1S/C18H10BrNO5S/c19-15-10-9-14-16-12(15)7-4-8-13(16)17(21)20(18(14)22)25-26(23,24)11-5-2-1-3-6-11/h1-10H. The van der Waals surface area contributed by atoms with Gasteiger partial charge in [-0.2, -0.15) is 8.42 Å². The molecule has 0 saturated heterocycles. The highest BCUT2D eigenvalue weighted by atomic mass is 79.9. The van der Waals surface area contributed by atoms with Gasteiger partial charge >= 0.3 is 10.1 Å². The molecule has 0 radical (unpaired) electrons. The second-order valence-corrected chi connectivity index (χ2v) is 7.95. The number of carbonyl (C=O) groups excluding carboxylic acids is 2. The molecule has 0 fully saturated rings. The van der Waals surface area contributed by atoms with Gasteiger partial charge in [0.25, 0.3) is 11.8 Å². The molecule has 2 amide bonds. The molecule has 0 spiro atoms. The van der Waals surface area contributed by atoms with Crippen molar-refractivity contribution >= 4 is 48.6 Å². The highest BCUT2D eigenvalue weighted by Gasteiger charge is 2.37. The SMILES string of the molecule is O=C1c2cccc3c(Br)ccc(c23)C(=O)N1OS(=O)(=O)c1ccccc1. The molecular weight excluding hydrogens is 422 g/mol. The monoisotopic (exact) mass is 431 g/mol. The zero-order valence-electron chi connectivity index (χ0n) is 13.0. The fourth-order valence-corrected chi connectivity index (χ4v) is 4.21. The normalized spacial score (nSPS) is 14.1. The number of benzene rings is 3. The third kappa shape index (κ3) is 2.54. The first-order chi connectivity index (χ1) is 12.4. The average molecular weight is 432 g/mol. The van der Waals surface area contributed by atoms with Gasteiger partial charge in [-0.05, 0) is 35.7 Å². The van der Waals surface area contributed by atoms with Crippen molar-refractivity contribution in [3.8, 4) is 0 Å².